The summed E-state index contributed by atoms with van der Waals surface area (Å²) in [6.45, 7) is 5.71. The first kappa shape index (κ1) is 24.0. The summed E-state index contributed by atoms with van der Waals surface area (Å²) in [4.78, 5) is 14.9. The zero-order valence-corrected chi connectivity index (χ0v) is 19.8. The fraction of sp³-hybridized carbons (Fsp3) is 0.435. The van der Waals surface area contributed by atoms with E-state index >= 15 is 0 Å². The van der Waals surface area contributed by atoms with Crippen LogP contribution < -0.4 is 14.8 Å². The van der Waals surface area contributed by atoms with E-state index in [-0.39, 0.29) is 18.5 Å². The average molecular weight is 462 g/mol. The van der Waals surface area contributed by atoms with E-state index in [1.54, 1.807) is 44.6 Å². The topological polar surface area (TPSA) is 88.2 Å². The molecular formula is C23H31N3O5S. The maximum absolute atomic E-state index is 12.8. The number of hydrogen-bond acceptors (Lipinski definition) is 6. The highest BCUT2D eigenvalue weighted by Gasteiger charge is 2.29. The zero-order chi connectivity index (χ0) is 23.3. The van der Waals surface area contributed by atoms with Gasteiger partial charge in [-0.05, 0) is 44.2 Å². The van der Waals surface area contributed by atoms with E-state index in [4.69, 9.17) is 9.47 Å². The second-order valence-electron chi connectivity index (χ2n) is 7.89. The van der Waals surface area contributed by atoms with Crippen molar-refractivity contribution in [1.82, 2.24) is 14.5 Å². The number of methoxy groups -OCH3 is 2. The van der Waals surface area contributed by atoms with Crippen molar-refractivity contribution in [3.05, 3.63) is 53.6 Å². The monoisotopic (exact) mass is 461 g/mol. The van der Waals surface area contributed by atoms with Gasteiger partial charge < -0.3 is 14.8 Å². The number of hydrogen-bond donors (Lipinski definition) is 1. The minimum Gasteiger partial charge on any atom is -0.497 e. The Morgan fingerprint density at radius 1 is 1.03 bits per heavy atom. The number of nitrogens with zero attached hydrogens (tertiary/aromatic N) is 2. The maximum atomic E-state index is 12.8. The van der Waals surface area contributed by atoms with Gasteiger partial charge in [0.2, 0.25) is 15.9 Å². The lowest BCUT2D eigenvalue weighted by atomic mass is 10.1. The zero-order valence-electron chi connectivity index (χ0n) is 19.0. The van der Waals surface area contributed by atoms with Gasteiger partial charge in [-0.2, -0.15) is 4.31 Å². The molecule has 1 aliphatic rings. The molecule has 1 heterocycles. The molecule has 0 aliphatic carbocycles. The highest BCUT2D eigenvalue weighted by atomic mass is 32.2. The number of rotatable bonds is 8. The summed E-state index contributed by atoms with van der Waals surface area (Å²) < 4.78 is 37.9. The molecule has 0 aromatic heterocycles. The van der Waals surface area contributed by atoms with Gasteiger partial charge in [-0.25, -0.2) is 8.42 Å². The Hall–Kier alpha value is -2.62. The van der Waals surface area contributed by atoms with Gasteiger partial charge in [-0.15, -0.1) is 0 Å². The van der Waals surface area contributed by atoms with Crippen LogP contribution in [0.15, 0.2) is 47.4 Å². The summed E-state index contributed by atoms with van der Waals surface area (Å²) in [5.41, 5.74) is 1.84. The summed E-state index contributed by atoms with van der Waals surface area (Å²) in [6, 6.07) is 12.1. The smallest absolute Gasteiger partial charge is 0.243 e. The molecule has 1 aliphatic heterocycles. The molecule has 1 amide bonds. The van der Waals surface area contributed by atoms with Crippen molar-refractivity contribution in [3.63, 3.8) is 0 Å². The molecule has 1 atom stereocenters. The third kappa shape index (κ3) is 5.59. The second-order valence-corrected chi connectivity index (χ2v) is 9.83. The van der Waals surface area contributed by atoms with Crippen LogP contribution in [0.3, 0.4) is 0 Å². The van der Waals surface area contributed by atoms with Crippen molar-refractivity contribution < 1.29 is 22.7 Å². The van der Waals surface area contributed by atoms with Crippen LogP contribution in [0.2, 0.25) is 0 Å². The molecule has 32 heavy (non-hydrogen) atoms. The number of carbonyl (C=O) groups is 1. The van der Waals surface area contributed by atoms with E-state index in [0.29, 0.717) is 42.6 Å². The van der Waals surface area contributed by atoms with Crippen molar-refractivity contribution in [3.8, 4) is 11.5 Å². The van der Waals surface area contributed by atoms with Gasteiger partial charge in [-0.3, -0.25) is 9.69 Å². The number of aryl methyl sites for hydroxylation is 1. The average Bonchev–Trinajstić information content (AvgIpc) is 2.79. The predicted octanol–water partition coefficient (Wildman–Crippen LogP) is 2.20. The minimum absolute atomic E-state index is 0.128. The molecule has 3 rings (SSSR count). The van der Waals surface area contributed by atoms with Crippen molar-refractivity contribution in [2.24, 2.45) is 0 Å². The van der Waals surface area contributed by atoms with Gasteiger partial charge in [0.1, 0.15) is 11.5 Å². The molecule has 1 fully saturated rings. The van der Waals surface area contributed by atoms with E-state index < -0.39 is 10.0 Å². The fourth-order valence-electron chi connectivity index (χ4n) is 3.73. The normalized spacial score (nSPS) is 16.4. The van der Waals surface area contributed by atoms with Gasteiger partial charge >= 0.3 is 0 Å². The minimum atomic E-state index is -3.52. The number of benzene rings is 2. The van der Waals surface area contributed by atoms with Crippen LogP contribution in [0.1, 0.15) is 24.1 Å². The largest absolute Gasteiger partial charge is 0.497 e. The predicted molar refractivity (Wildman–Crippen MR) is 122 cm³/mol. The number of nitrogens with one attached hydrogen (secondary N) is 1. The Balaban J connectivity index is 1.55. The molecule has 1 unspecified atom stereocenters. The molecule has 0 saturated carbocycles. The second kappa shape index (κ2) is 10.3. The summed E-state index contributed by atoms with van der Waals surface area (Å²) in [5.74, 6) is 1.23. The molecule has 2 aromatic rings. The van der Waals surface area contributed by atoms with Gasteiger partial charge in [0.25, 0.3) is 0 Å². The van der Waals surface area contributed by atoms with Crippen LogP contribution in [0.25, 0.3) is 0 Å². The summed E-state index contributed by atoms with van der Waals surface area (Å²) in [7, 11) is -0.342. The summed E-state index contributed by atoms with van der Waals surface area (Å²) >= 11 is 0. The quantitative estimate of drug-likeness (QED) is 0.649. The van der Waals surface area contributed by atoms with Crippen LogP contribution in [0.4, 0.5) is 0 Å². The first-order chi connectivity index (χ1) is 15.2. The number of ether oxygens (including phenoxy) is 2. The summed E-state index contributed by atoms with van der Waals surface area (Å²) in [6.07, 6.45) is 0. The van der Waals surface area contributed by atoms with Crippen molar-refractivity contribution in [1.29, 1.82) is 0 Å². The van der Waals surface area contributed by atoms with E-state index in [1.165, 1.54) is 4.31 Å². The lowest BCUT2D eigenvalue weighted by Crippen LogP contribution is -2.51. The van der Waals surface area contributed by atoms with Gasteiger partial charge in [0, 0.05) is 31.7 Å². The molecule has 1 saturated heterocycles. The first-order valence-electron chi connectivity index (χ1n) is 10.5. The molecule has 2 aromatic carbocycles. The van der Waals surface area contributed by atoms with Gasteiger partial charge in [0.05, 0.1) is 31.7 Å². The van der Waals surface area contributed by atoms with Gasteiger partial charge in [-0.1, -0.05) is 17.7 Å². The van der Waals surface area contributed by atoms with Crippen LogP contribution in [0.5, 0.6) is 11.5 Å². The Morgan fingerprint density at radius 3 is 2.28 bits per heavy atom. The SMILES string of the molecule is COc1ccc(OC)c(C(C)NC(=O)CN2CCN(S(=O)(=O)c3ccc(C)cc3)CC2)c1. The van der Waals surface area contributed by atoms with Crippen molar-refractivity contribution in [2.75, 3.05) is 46.9 Å². The van der Waals surface area contributed by atoms with Crippen LogP contribution in [-0.4, -0.2) is 70.5 Å². The molecular weight excluding hydrogens is 430 g/mol. The molecule has 0 spiro atoms. The lowest BCUT2D eigenvalue weighted by molar-refractivity contribution is -0.123. The molecule has 8 nitrogen and oxygen atoms in total. The molecule has 0 radical (unpaired) electrons. The first-order valence-corrected chi connectivity index (χ1v) is 12.0. The Kier molecular flexibility index (Phi) is 7.76. The Bertz CT molecular complexity index is 1030. The van der Waals surface area contributed by atoms with Crippen LogP contribution in [-0.2, 0) is 14.8 Å². The number of sulfonamides is 1. The lowest BCUT2D eigenvalue weighted by Gasteiger charge is -2.33. The molecule has 1 N–H and O–H groups in total. The third-order valence-electron chi connectivity index (χ3n) is 5.64. The molecule has 174 valence electrons. The van der Waals surface area contributed by atoms with E-state index in [9.17, 15) is 13.2 Å². The number of piperazine rings is 1. The third-order valence-corrected chi connectivity index (χ3v) is 7.55. The van der Waals surface area contributed by atoms with E-state index in [1.807, 2.05) is 30.9 Å². The standard InChI is InChI=1S/C23H31N3O5S/c1-17-5-8-20(9-6-17)32(28,29)26-13-11-25(12-14-26)16-23(27)24-18(2)21-15-19(30-3)7-10-22(21)31-4/h5-10,15,18H,11-14,16H2,1-4H3,(H,24,27). The summed E-state index contributed by atoms with van der Waals surface area (Å²) in [5, 5.41) is 2.99. The number of carbonyl (C=O) groups excluding carboxylic acids is 1. The number of amides is 1. The molecule has 9 heteroatoms. The van der Waals surface area contributed by atoms with Crippen molar-refractivity contribution >= 4 is 15.9 Å². The van der Waals surface area contributed by atoms with Gasteiger partial charge in [0.15, 0.2) is 0 Å². The highest BCUT2D eigenvalue weighted by Crippen LogP contribution is 2.29. The van der Waals surface area contributed by atoms with E-state index in [2.05, 4.69) is 5.32 Å². The molecule has 0 bridgehead atoms. The Labute approximate surface area is 190 Å². The Morgan fingerprint density at radius 2 is 1.69 bits per heavy atom. The van der Waals surface area contributed by atoms with Crippen LogP contribution in [0, 0.1) is 6.92 Å². The highest BCUT2D eigenvalue weighted by molar-refractivity contribution is 7.89. The van der Waals surface area contributed by atoms with E-state index in [0.717, 1.165) is 11.1 Å². The van der Waals surface area contributed by atoms with Crippen LogP contribution >= 0.6 is 0 Å². The maximum Gasteiger partial charge on any atom is 0.243 e. The van der Waals surface area contributed by atoms with Crippen molar-refractivity contribution in [2.45, 2.75) is 24.8 Å². The fourth-order valence-corrected chi connectivity index (χ4v) is 5.16.